The lowest BCUT2D eigenvalue weighted by Crippen LogP contribution is -2.52. The topological polar surface area (TPSA) is 15.3 Å². The van der Waals surface area contributed by atoms with Crippen LogP contribution >= 0.6 is 0 Å². The van der Waals surface area contributed by atoms with Crippen LogP contribution in [0.2, 0.25) is 0 Å². The lowest BCUT2D eigenvalue weighted by atomic mass is 9.97. The largest absolute Gasteiger partial charge is 0.381 e. The molecule has 0 saturated carbocycles. The number of anilines is 2. The quantitative estimate of drug-likeness (QED) is 0.785. The van der Waals surface area contributed by atoms with Crippen molar-refractivity contribution in [3.05, 3.63) is 23.5 Å². The second-order valence-electron chi connectivity index (χ2n) is 5.03. The van der Waals surface area contributed by atoms with Gasteiger partial charge in [-0.1, -0.05) is 0 Å². The first-order chi connectivity index (χ1) is 7.45. The van der Waals surface area contributed by atoms with Crippen LogP contribution in [0.3, 0.4) is 0 Å². The number of likely N-dealkylation sites (N-methyl/N-ethyl adjacent to an activating group) is 1. The molecule has 1 aliphatic rings. The van der Waals surface area contributed by atoms with Gasteiger partial charge in [-0.15, -0.1) is 0 Å². The predicted molar refractivity (Wildman–Crippen MR) is 66.7 cm³/mol. The van der Waals surface area contributed by atoms with Gasteiger partial charge in [-0.05, 0) is 45.4 Å². The van der Waals surface area contributed by atoms with Gasteiger partial charge in [-0.3, -0.25) is 0 Å². The molecule has 2 nitrogen and oxygen atoms in total. The summed E-state index contributed by atoms with van der Waals surface area (Å²) < 4.78 is 13.5. The Kier molecular flexibility index (Phi) is 2.56. The third-order valence-corrected chi connectivity index (χ3v) is 3.33. The molecule has 0 aliphatic carbocycles. The average molecular weight is 222 g/mol. The standard InChI is InChI=1S/C13H19FN2/c1-5-16-12-6-9(2)10(14)7-11(12)15-8-13(16,3)4/h6-7,15H,5,8H2,1-4H3. The summed E-state index contributed by atoms with van der Waals surface area (Å²) >= 11 is 0. The molecule has 88 valence electrons. The van der Waals surface area contributed by atoms with Gasteiger partial charge < -0.3 is 10.2 Å². The maximum Gasteiger partial charge on any atom is 0.128 e. The van der Waals surface area contributed by atoms with Crippen LogP contribution in [0.1, 0.15) is 26.3 Å². The highest BCUT2D eigenvalue weighted by Gasteiger charge is 2.31. The van der Waals surface area contributed by atoms with Gasteiger partial charge in [-0.2, -0.15) is 0 Å². The number of halogens is 1. The number of benzene rings is 1. The van der Waals surface area contributed by atoms with Crippen molar-refractivity contribution in [2.75, 3.05) is 23.3 Å². The van der Waals surface area contributed by atoms with Crippen molar-refractivity contribution in [2.24, 2.45) is 0 Å². The molecule has 0 saturated heterocycles. The van der Waals surface area contributed by atoms with Crippen molar-refractivity contribution in [1.29, 1.82) is 0 Å². The lowest BCUT2D eigenvalue weighted by molar-refractivity contribution is 0.479. The van der Waals surface area contributed by atoms with Crippen LogP contribution in [0.15, 0.2) is 12.1 Å². The minimum absolute atomic E-state index is 0.0754. The fourth-order valence-electron chi connectivity index (χ4n) is 2.36. The summed E-state index contributed by atoms with van der Waals surface area (Å²) in [6.07, 6.45) is 0. The molecule has 3 heteroatoms. The molecule has 0 spiro atoms. The Balaban J connectivity index is 2.53. The molecule has 0 unspecified atom stereocenters. The van der Waals surface area contributed by atoms with Crippen LogP contribution in [-0.2, 0) is 0 Å². The van der Waals surface area contributed by atoms with Crippen molar-refractivity contribution in [2.45, 2.75) is 33.2 Å². The maximum absolute atomic E-state index is 13.5. The van der Waals surface area contributed by atoms with Crippen LogP contribution < -0.4 is 10.2 Å². The maximum atomic E-state index is 13.5. The molecule has 0 atom stereocenters. The lowest BCUT2D eigenvalue weighted by Gasteiger charge is -2.45. The number of hydrogen-bond acceptors (Lipinski definition) is 2. The third-order valence-electron chi connectivity index (χ3n) is 3.33. The first-order valence-electron chi connectivity index (χ1n) is 5.77. The first kappa shape index (κ1) is 11.2. The Labute approximate surface area is 96.5 Å². The Morgan fingerprint density at radius 3 is 2.75 bits per heavy atom. The fourth-order valence-corrected chi connectivity index (χ4v) is 2.36. The third kappa shape index (κ3) is 1.64. The predicted octanol–water partition coefficient (Wildman–Crippen LogP) is 3.16. The normalized spacial score (nSPS) is 17.9. The second-order valence-corrected chi connectivity index (χ2v) is 5.03. The molecule has 1 heterocycles. The summed E-state index contributed by atoms with van der Waals surface area (Å²) in [7, 11) is 0. The smallest absolute Gasteiger partial charge is 0.128 e. The molecule has 0 radical (unpaired) electrons. The molecular weight excluding hydrogens is 203 g/mol. The Morgan fingerprint density at radius 1 is 1.44 bits per heavy atom. The van der Waals surface area contributed by atoms with Crippen molar-refractivity contribution in [3.8, 4) is 0 Å². The van der Waals surface area contributed by atoms with Crippen molar-refractivity contribution >= 4 is 11.4 Å². The van der Waals surface area contributed by atoms with E-state index < -0.39 is 0 Å². The summed E-state index contributed by atoms with van der Waals surface area (Å²) in [5.41, 5.74) is 2.80. The molecule has 16 heavy (non-hydrogen) atoms. The summed E-state index contributed by atoms with van der Waals surface area (Å²) in [6.45, 7) is 10.1. The minimum atomic E-state index is -0.137. The molecule has 0 fully saturated rings. The first-order valence-corrected chi connectivity index (χ1v) is 5.77. The van der Waals surface area contributed by atoms with Crippen molar-refractivity contribution in [1.82, 2.24) is 0 Å². The van der Waals surface area contributed by atoms with Crippen LogP contribution in [-0.4, -0.2) is 18.6 Å². The van der Waals surface area contributed by atoms with Gasteiger partial charge in [0.25, 0.3) is 0 Å². The zero-order valence-corrected chi connectivity index (χ0v) is 10.4. The molecule has 1 aromatic rings. The highest BCUT2D eigenvalue weighted by atomic mass is 19.1. The van der Waals surface area contributed by atoms with E-state index in [-0.39, 0.29) is 11.4 Å². The molecule has 0 amide bonds. The molecular formula is C13H19FN2. The van der Waals surface area contributed by atoms with Crippen molar-refractivity contribution in [3.63, 3.8) is 0 Å². The van der Waals surface area contributed by atoms with Gasteiger partial charge in [-0.25, -0.2) is 4.39 Å². The average Bonchev–Trinajstić information content (AvgIpc) is 2.20. The van der Waals surface area contributed by atoms with E-state index in [1.165, 1.54) is 0 Å². The van der Waals surface area contributed by atoms with Gasteiger partial charge in [0.1, 0.15) is 5.82 Å². The molecule has 1 N–H and O–H groups in total. The minimum Gasteiger partial charge on any atom is -0.381 e. The van der Waals surface area contributed by atoms with E-state index in [9.17, 15) is 4.39 Å². The van der Waals surface area contributed by atoms with Gasteiger partial charge in [0, 0.05) is 13.1 Å². The van der Waals surface area contributed by atoms with Gasteiger partial charge in [0.15, 0.2) is 0 Å². The Morgan fingerprint density at radius 2 is 2.12 bits per heavy atom. The fraction of sp³-hybridized carbons (Fsp3) is 0.538. The van der Waals surface area contributed by atoms with Crippen LogP contribution in [0.25, 0.3) is 0 Å². The van der Waals surface area contributed by atoms with E-state index in [0.29, 0.717) is 5.56 Å². The van der Waals surface area contributed by atoms with E-state index >= 15 is 0 Å². The molecule has 0 aromatic heterocycles. The zero-order valence-electron chi connectivity index (χ0n) is 10.4. The van der Waals surface area contributed by atoms with E-state index in [1.54, 1.807) is 6.07 Å². The van der Waals surface area contributed by atoms with Crippen LogP contribution in [0.4, 0.5) is 15.8 Å². The summed E-state index contributed by atoms with van der Waals surface area (Å²) in [5, 5.41) is 3.30. The highest BCUT2D eigenvalue weighted by Crippen LogP contribution is 2.37. The van der Waals surface area contributed by atoms with Crippen LogP contribution in [0.5, 0.6) is 0 Å². The van der Waals surface area contributed by atoms with E-state index in [1.807, 2.05) is 13.0 Å². The summed E-state index contributed by atoms with van der Waals surface area (Å²) in [4.78, 5) is 2.32. The highest BCUT2D eigenvalue weighted by molar-refractivity contribution is 5.74. The monoisotopic (exact) mass is 222 g/mol. The van der Waals surface area contributed by atoms with Crippen LogP contribution in [0, 0.1) is 12.7 Å². The van der Waals surface area contributed by atoms with Crippen molar-refractivity contribution < 1.29 is 4.39 Å². The van der Waals surface area contributed by atoms with E-state index in [2.05, 4.69) is 31.0 Å². The zero-order chi connectivity index (χ0) is 11.9. The summed E-state index contributed by atoms with van der Waals surface area (Å²) in [6, 6.07) is 3.53. The SMILES string of the molecule is CCN1c2cc(C)c(F)cc2NCC1(C)C. The number of nitrogens with one attached hydrogen (secondary N) is 1. The number of hydrogen-bond donors (Lipinski definition) is 1. The van der Waals surface area contributed by atoms with E-state index in [0.717, 1.165) is 24.5 Å². The molecule has 1 aromatic carbocycles. The molecule has 2 rings (SSSR count). The number of fused-ring (bicyclic) bond motifs is 1. The number of rotatable bonds is 1. The summed E-state index contributed by atoms with van der Waals surface area (Å²) in [5.74, 6) is -0.137. The van der Waals surface area contributed by atoms with Gasteiger partial charge in [0.2, 0.25) is 0 Å². The number of aryl methyl sites for hydroxylation is 1. The van der Waals surface area contributed by atoms with Gasteiger partial charge in [0.05, 0.1) is 16.9 Å². The van der Waals surface area contributed by atoms with E-state index in [4.69, 9.17) is 0 Å². The second kappa shape index (κ2) is 3.65. The molecule has 1 aliphatic heterocycles. The Bertz CT molecular complexity index is 413. The number of nitrogens with zero attached hydrogens (tertiary/aromatic N) is 1. The molecule has 0 bridgehead atoms. The van der Waals surface area contributed by atoms with Gasteiger partial charge >= 0.3 is 0 Å². The Hall–Kier alpha value is -1.25.